The van der Waals surface area contributed by atoms with Crippen molar-refractivity contribution in [2.45, 2.75) is 11.8 Å². The van der Waals surface area contributed by atoms with Crippen molar-refractivity contribution >= 4 is 40.7 Å². The third-order valence-electron chi connectivity index (χ3n) is 2.69. The summed E-state index contributed by atoms with van der Waals surface area (Å²) in [5, 5.41) is 1.40. The fourth-order valence-corrected chi connectivity index (χ4v) is 3.05. The number of thioether (sulfide) groups is 1. The zero-order chi connectivity index (χ0) is 14.5. The van der Waals surface area contributed by atoms with Crippen LogP contribution in [0.3, 0.4) is 0 Å². The Labute approximate surface area is 133 Å². The van der Waals surface area contributed by atoms with E-state index in [1.807, 2.05) is 31.2 Å². The van der Waals surface area contributed by atoms with Crippen LogP contribution in [-0.4, -0.2) is 12.4 Å². The second kappa shape index (κ2) is 7.11. The molecule has 2 N–H and O–H groups in total. The Hall–Kier alpha value is -1.03. The molecular weight excluding hydrogens is 313 g/mol. The minimum Gasteiger partial charge on any atom is -0.492 e. The molecule has 0 atom stereocenters. The van der Waals surface area contributed by atoms with Gasteiger partial charge in [0.25, 0.3) is 0 Å². The van der Waals surface area contributed by atoms with E-state index in [1.54, 1.807) is 23.9 Å². The quantitative estimate of drug-likeness (QED) is 0.474. The average Bonchev–Trinajstić information content (AvgIpc) is 2.40. The van der Waals surface area contributed by atoms with Crippen molar-refractivity contribution in [2.75, 3.05) is 18.1 Å². The van der Waals surface area contributed by atoms with Crippen molar-refractivity contribution in [3.8, 4) is 5.75 Å². The fourth-order valence-electron chi connectivity index (χ4n) is 1.73. The second-order valence-corrected chi connectivity index (χ2v) is 6.28. The minimum absolute atomic E-state index is 0.596. The third kappa shape index (κ3) is 4.23. The largest absolute Gasteiger partial charge is 0.492 e. The topological polar surface area (TPSA) is 35.2 Å². The van der Waals surface area contributed by atoms with E-state index in [2.05, 4.69) is 0 Å². The number of rotatable bonds is 5. The van der Waals surface area contributed by atoms with E-state index in [0.717, 1.165) is 27.6 Å². The molecule has 5 heteroatoms. The molecule has 2 aromatic carbocycles. The maximum absolute atomic E-state index is 6.10. The third-order valence-corrected chi connectivity index (χ3v) is 4.39. The van der Waals surface area contributed by atoms with Crippen LogP contribution in [0.2, 0.25) is 10.0 Å². The number of ether oxygens (including phenoxy) is 1. The van der Waals surface area contributed by atoms with Crippen LogP contribution in [0, 0.1) is 6.92 Å². The first-order valence-electron chi connectivity index (χ1n) is 6.13. The maximum Gasteiger partial charge on any atom is 0.122 e. The molecule has 0 amide bonds. The van der Waals surface area contributed by atoms with Gasteiger partial charge in [-0.2, -0.15) is 0 Å². The number of aryl methyl sites for hydroxylation is 1. The van der Waals surface area contributed by atoms with E-state index in [1.165, 1.54) is 0 Å². The van der Waals surface area contributed by atoms with Gasteiger partial charge in [-0.25, -0.2) is 0 Å². The molecule has 0 fully saturated rings. The Morgan fingerprint density at radius 1 is 1.15 bits per heavy atom. The van der Waals surface area contributed by atoms with Crippen LogP contribution in [0.25, 0.3) is 0 Å². The summed E-state index contributed by atoms with van der Waals surface area (Å²) in [5.74, 6) is 1.65. The van der Waals surface area contributed by atoms with E-state index in [9.17, 15) is 0 Å². The van der Waals surface area contributed by atoms with Crippen molar-refractivity contribution in [1.29, 1.82) is 0 Å². The van der Waals surface area contributed by atoms with E-state index in [-0.39, 0.29) is 0 Å². The molecule has 0 heterocycles. The van der Waals surface area contributed by atoms with E-state index in [4.69, 9.17) is 33.7 Å². The normalized spacial score (nSPS) is 10.6. The van der Waals surface area contributed by atoms with Gasteiger partial charge in [0, 0.05) is 21.4 Å². The van der Waals surface area contributed by atoms with Gasteiger partial charge >= 0.3 is 0 Å². The SMILES string of the molecule is Cc1cc(N)ccc1OCCSc1cc(Cl)ccc1Cl. The summed E-state index contributed by atoms with van der Waals surface area (Å²) in [4.78, 5) is 0.969. The molecule has 0 bridgehead atoms. The molecule has 0 saturated heterocycles. The van der Waals surface area contributed by atoms with Gasteiger partial charge in [0.2, 0.25) is 0 Å². The molecule has 106 valence electrons. The van der Waals surface area contributed by atoms with Crippen molar-refractivity contribution in [3.63, 3.8) is 0 Å². The molecule has 2 nitrogen and oxygen atoms in total. The zero-order valence-electron chi connectivity index (χ0n) is 11.0. The van der Waals surface area contributed by atoms with Crippen LogP contribution in [0.1, 0.15) is 5.56 Å². The lowest BCUT2D eigenvalue weighted by atomic mass is 10.2. The number of halogens is 2. The van der Waals surface area contributed by atoms with Gasteiger partial charge in [-0.05, 0) is 48.9 Å². The number of hydrogen-bond donors (Lipinski definition) is 1. The van der Waals surface area contributed by atoms with E-state index < -0.39 is 0 Å². The highest BCUT2D eigenvalue weighted by molar-refractivity contribution is 7.99. The Bertz CT molecular complexity index is 604. The molecule has 0 saturated carbocycles. The Morgan fingerprint density at radius 2 is 1.95 bits per heavy atom. The molecule has 0 aliphatic rings. The molecule has 2 rings (SSSR count). The highest BCUT2D eigenvalue weighted by Crippen LogP contribution is 2.30. The van der Waals surface area contributed by atoms with Crippen LogP contribution in [0.5, 0.6) is 5.75 Å². The van der Waals surface area contributed by atoms with Crippen molar-refractivity contribution in [1.82, 2.24) is 0 Å². The monoisotopic (exact) mass is 327 g/mol. The zero-order valence-corrected chi connectivity index (χ0v) is 13.4. The van der Waals surface area contributed by atoms with Crippen molar-refractivity contribution in [2.24, 2.45) is 0 Å². The molecule has 0 spiro atoms. The molecule has 0 aromatic heterocycles. The lowest BCUT2D eigenvalue weighted by Gasteiger charge is -2.10. The molecule has 0 aliphatic carbocycles. The molecule has 0 aliphatic heterocycles. The number of benzene rings is 2. The maximum atomic E-state index is 6.10. The van der Waals surface area contributed by atoms with Crippen molar-refractivity contribution < 1.29 is 4.74 Å². The lowest BCUT2D eigenvalue weighted by Crippen LogP contribution is -2.01. The summed E-state index contributed by atoms with van der Waals surface area (Å²) >= 11 is 13.7. The number of nitrogen functional groups attached to an aromatic ring is 1. The van der Waals surface area contributed by atoms with Crippen LogP contribution in [0.4, 0.5) is 5.69 Å². The summed E-state index contributed by atoms with van der Waals surface area (Å²) in [6.07, 6.45) is 0. The molecule has 2 aromatic rings. The summed E-state index contributed by atoms with van der Waals surface area (Å²) < 4.78 is 5.73. The first-order valence-corrected chi connectivity index (χ1v) is 7.87. The van der Waals surface area contributed by atoms with Gasteiger partial charge in [0.1, 0.15) is 5.75 Å². The Kier molecular flexibility index (Phi) is 5.46. The summed E-state index contributed by atoms with van der Waals surface area (Å²) in [6, 6.07) is 11.1. The molecule has 20 heavy (non-hydrogen) atoms. The number of nitrogens with two attached hydrogens (primary N) is 1. The molecular formula is C15H15Cl2NOS. The predicted molar refractivity (Wildman–Crippen MR) is 88.3 cm³/mol. The Balaban J connectivity index is 1.86. The first kappa shape index (κ1) is 15.4. The highest BCUT2D eigenvalue weighted by Gasteiger charge is 2.03. The average molecular weight is 328 g/mol. The Morgan fingerprint density at radius 3 is 2.70 bits per heavy atom. The summed E-state index contributed by atoms with van der Waals surface area (Å²) in [7, 11) is 0. The van der Waals surface area contributed by atoms with Gasteiger partial charge in [-0.15, -0.1) is 11.8 Å². The van der Waals surface area contributed by atoms with Gasteiger partial charge in [-0.3, -0.25) is 0 Å². The molecule has 0 radical (unpaired) electrons. The van der Waals surface area contributed by atoms with Crippen LogP contribution in [-0.2, 0) is 0 Å². The standard InChI is InChI=1S/C15H15Cl2NOS/c1-10-8-12(18)3-5-14(10)19-6-7-20-15-9-11(16)2-4-13(15)17/h2-5,8-9H,6-7,18H2,1H3. The summed E-state index contributed by atoms with van der Waals surface area (Å²) in [6.45, 7) is 2.57. The van der Waals surface area contributed by atoms with Crippen LogP contribution < -0.4 is 10.5 Å². The lowest BCUT2D eigenvalue weighted by molar-refractivity contribution is 0.341. The fraction of sp³-hybridized carbons (Fsp3) is 0.200. The van der Waals surface area contributed by atoms with Crippen LogP contribution >= 0.6 is 35.0 Å². The smallest absolute Gasteiger partial charge is 0.122 e. The van der Waals surface area contributed by atoms with Gasteiger partial charge in [0.15, 0.2) is 0 Å². The highest BCUT2D eigenvalue weighted by atomic mass is 35.5. The second-order valence-electron chi connectivity index (χ2n) is 4.30. The van der Waals surface area contributed by atoms with Crippen LogP contribution in [0.15, 0.2) is 41.3 Å². The van der Waals surface area contributed by atoms with Gasteiger partial charge < -0.3 is 10.5 Å². The minimum atomic E-state index is 0.596. The van der Waals surface area contributed by atoms with Gasteiger partial charge in [-0.1, -0.05) is 23.2 Å². The van der Waals surface area contributed by atoms with Gasteiger partial charge in [0.05, 0.1) is 11.6 Å². The van der Waals surface area contributed by atoms with E-state index in [0.29, 0.717) is 16.7 Å². The first-order chi connectivity index (χ1) is 9.56. The number of hydrogen-bond acceptors (Lipinski definition) is 3. The number of anilines is 1. The predicted octanol–water partition coefficient (Wildman–Crippen LogP) is 5.06. The van der Waals surface area contributed by atoms with E-state index >= 15 is 0 Å². The summed E-state index contributed by atoms with van der Waals surface area (Å²) in [5.41, 5.74) is 7.49. The van der Waals surface area contributed by atoms with Crippen molar-refractivity contribution in [3.05, 3.63) is 52.0 Å². The molecule has 0 unspecified atom stereocenters.